The average Bonchev–Trinajstić information content (AvgIpc) is 2.93. The van der Waals surface area contributed by atoms with Gasteiger partial charge < -0.3 is 24.4 Å². The Labute approximate surface area is 220 Å². The van der Waals surface area contributed by atoms with E-state index in [9.17, 15) is 14.7 Å². The molecule has 2 aromatic carbocycles. The molecule has 2 aliphatic rings. The fraction of sp³-hybridized carbons (Fsp3) is 0.533. The van der Waals surface area contributed by atoms with Crippen molar-refractivity contribution in [2.24, 2.45) is 0 Å². The van der Waals surface area contributed by atoms with Crippen LogP contribution in [0.2, 0.25) is 0 Å². The van der Waals surface area contributed by atoms with Gasteiger partial charge in [0.2, 0.25) is 5.91 Å². The second-order valence-electron chi connectivity index (χ2n) is 10.2. The number of amides is 2. The van der Waals surface area contributed by atoms with E-state index in [-0.39, 0.29) is 12.0 Å². The number of carbonyl (C=O) groups is 2. The summed E-state index contributed by atoms with van der Waals surface area (Å²) in [7, 11) is 0. The molecular formula is C30H40N2O5. The first-order chi connectivity index (χ1) is 18.0. The molecular weight excluding hydrogens is 468 g/mol. The normalized spacial score (nSPS) is 18.2. The summed E-state index contributed by atoms with van der Waals surface area (Å²) in [6, 6.07) is 17.6. The van der Waals surface area contributed by atoms with E-state index in [0.717, 1.165) is 49.0 Å². The van der Waals surface area contributed by atoms with E-state index >= 15 is 0 Å². The molecule has 1 heterocycles. The lowest BCUT2D eigenvalue weighted by Gasteiger charge is -2.42. The number of unbranched alkanes of at least 4 members (excludes halogenated alkanes) is 1. The van der Waals surface area contributed by atoms with E-state index in [4.69, 9.17) is 9.47 Å². The van der Waals surface area contributed by atoms with Gasteiger partial charge in [0.25, 0.3) is 0 Å². The van der Waals surface area contributed by atoms with Crippen LogP contribution in [-0.2, 0) is 16.1 Å². The van der Waals surface area contributed by atoms with Gasteiger partial charge in [-0.25, -0.2) is 4.79 Å². The second-order valence-corrected chi connectivity index (χ2v) is 10.2. The summed E-state index contributed by atoms with van der Waals surface area (Å²) in [6.07, 6.45) is 5.63. The van der Waals surface area contributed by atoms with E-state index in [1.54, 1.807) is 9.80 Å². The molecule has 4 rings (SSSR count). The number of hydrogen-bond acceptors (Lipinski definition) is 5. The van der Waals surface area contributed by atoms with Crippen LogP contribution in [-0.4, -0.2) is 65.3 Å². The summed E-state index contributed by atoms with van der Waals surface area (Å²) in [5.41, 5.74) is 0.824. The summed E-state index contributed by atoms with van der Waals surface area (Å²) in [4.78, 5) is 29.7. The van der Waals surface area contributed by atoms with Crippen LogP contribution in [0.1, 0.15) is 68.9 Å². The van der Waals surface area contributed by atoms with E-state index in [0.29, 0.717) is 52.2 Å². The van der Waals surface area contributed by atoms with Gasteiger partial charge in [-0.3, -0.25) is 4.79 Å². The fourth-order valence-corrected chi connectivity index (χ4v) is 5.32. The Morgan fingerprint density at radius 2 is 1.57 bits per heavy atom. The quantitative estimate of drug-likeness (QED) is 0.476. The Morgan fingerprint density at radius 1 is 0.919 bits per heavy atom. The molecule has 1 saturated heterocycles. The van der Waals surface area contributed by atoms with E-state index in [1.807, 2.05) is 54.6 Å². The van der Waals surface area contributed by atoms with Crippen molar-refractivity contribution in [3.63, 3.8) is 0 Å². The third kappa shape index (κ3) is 7.04. The molecule has 0 aromatic heterocycles. The van der Waals surface area contributed by atoms with Crippen LogP contribution in [0.4, 0.5) is 4.79 Å². The highest BCUT2D eigenvalue weighted by Crippen LogP contribution is 2.41. The Balaban J connectivity index is 1.44. The predicted molar refractivity (Wildman–Crippen MR) is 142 cm³/mol. The van der Waals surface area contributed by atoms with Gasteiger partial charge in [0, 0.05) is 26.2 Å². The van der Waals surface area contributed by atoms with Gasteiger partial charge in [-0.15, -0.1) is 0 Å². The van der Waals surface area contributed by atoms with Crippen LogP contribution in [0, 0.1) is 0 Å². The average molecular weight is 509 g/mol. The highest BCUT2D eigenvalue weighted by atomic mass is 16.6. The Hall–Kier alpha value is -3.06. The molecule has 2 fully saturated rings. The topological polar surface area (TPSA) is 79.3 Å². The molecule has 0 spiro atoms. The molecule has 7 heteroatoms. The maximum absolute atomic E-state index is 13.9. The van der Waals surface area contributed by atoms with Crippen LogP contribution in [0.3, 0.4) is 0 Å². The van der Waals surface area contributed by atoms with Crippen molar-refractivity contribution in [1.29, 1.82) is 0 Å². The van der Waals surface area contributed by atoms with Crippen molar-refractivity contribution < 1.29 is 24.2 Å². The van der Waals surface area contributed by atoms with Crippen molar-refractivity contribution in [3.8, 4) is 5.75 Å². The Morgan fingerprint density at radius 3 is 2.22 bits per heavy atom. The second kappa shape index (κ2) is 13.0. The molecule has 200 valence electrons. The number of hydrogen-bond donors (Lipinski definition) is 1. The number of nitrogens with zero attached hydrogens (tertiary/aromatic N) is 2. The van der Waals surface area contributed by atoms with E-state index < -0.39 is 11.5 Å². The minimum atomic E-state index is -1.07. The molecule has 7 nitrogen and oxygen atoms in total. The van der Waals surface area contributed by atoms with Gasteiger partial charge in [-0.2, -0.15) is 0 Å². The number of aliphatic hydroxyl groups is 1. The standard InChI is InChI=1S/C30H40N2O5/c1-2-3-22-36-29(34)32-20-18-31(19-21-32)28(33)27(30(35)16-8-5-9-17-30)25-12-14-26(15-13-25)37-23-24-10-6-4-7-11-24/h4,6-7,10-15,27,35H,2-3,5,8-9,16-23H2,1H3. The lowest BCUT2D eigenvalue weighted by atomic mass is 9.72. The van der Waals surface area contributed by atoms with Crippen molar-refractivity contribution in [2.45, 2.75) is 70.0 Å². The Kier molecular flexibility index (Phi) is 9.45. The summed E-state index contributed by atoms with van der Waals surface area (Å²) in [6.45, 7) is 4.70. The molecule has 2 amide bonds. The third-order valence-electron chi connectivity index (χ3n) is 7.54. The van der Waals surface area contributed by atoms with Gasteiger partial charge in [-0.1, -0.05) is 75.1 Å². The zero-order valence-electron chi connectivity index (χ0n) is 21.9. The molecule has 2 aromatic rings. The summed E-state index contributed by atoms with van der Waals surface area (Å²) in [5.74, 6) is 0.0185. The molecule has 1 unspecified atom stereocenters. The molecule has 0 bridgehead atoms. The van der Waals surface area contributed by atoms with Crippen molar-refractivity contribution in [1.82, 2.24) is 9.80 Å². The number of benzene rings is 2. The zero-order chi connectivity index (χ0) is 26.1. The molecule has 1 N–H and O–H groups in total. The Bertz CT molecular complexity index is 996. The maximum Gasteiger partial charge on any atom is 0.409 e. The molecule has 37 heavy (non-hydrogen) atoms. The number of ether oxygens (including phenoxy) is 2. The van der Waals surface area contributed by atoms with Gasteiger partial charge in [-0.05, 0) is 42.5 Å². The zero-order valence-corrected chi connectivity index (χ0v) is 21.9. The van der Waals surface area contributed by atoms with Gasteiger partial charge in [0.1, 0.15) is 12.4 Å². The smallest absolute Gasteiger partial charge is 0.409 e. The highest BCUT2D eigenvalue weighted by molar-refractivity contribution is 5.85. The number of piperazine rings is 1. The molecule has 0 radical (unpaired) electrons. The van der Waals surface area contributed by atoms with E-state index in [1.165, 1.54) is 0 Å². The SMILES string of the molecule is CCCCOC(=O)N1CCN(C(=O)C(c2ccc(OCc3ccccc3)cc2)C2(O)CCCCC2)CC1. The minimum Gasteiger partial charge on any atom is -0.489 e. The third-order valence-corrected chi connectivity index (χ3v) is 7.54. The maximum atomic E-state index is 13.9. The van der Waals surface area contributed by atoms with Gasteiger partial charge in [0.05, 0.1) is 18.1 Å². The van der Waals surface area contributed by atoms with Crippen LogP contribution in [0.25, 0.3) is 0 Å². The van der Waals surface area contributed by atoms with Crippen molar-refractivity contribution in [3.05, 3.63) is 65.7 Å². The lowest BCUT2D eigenvalue weighted by Crippen LogP contribution is -2.55. The molecule has 1 aliphatic heterocycles. The van der Waals surface area contributed by atoms with Crippen molar-refractivity contribution >= 4 is 12.0 Å². The first kappa shape index (κ1) is 27.0. The largest absolute Gasteiger partial charge is 0.489 e. The van der Waals surface area contributed by atoms with Gasteiger partial charge in [0.15, 0.2) is 0 Å². The molecule has 1 atom stereocenters. The minimum absolute atomic E-state index is 0.0682. The summed E-state index contributed by atoms with van der Waals surface area (Å²) >= 11 is 0. The predicted octanol–water partition coefficient (Wildman–Crippen LogP) is 5.13. The fourth-order valence-electron chi connectivity index (χ4n) is 5.32. The highest BCUT2D eigenvalue weighted by Gasteiger charge is 2.45. The summed E-state index contributed by atoms with van der Waals surface area (Å²) < 4.78 is 11.3. The van der Waals surface area contributed by atoms with E-state index in [2.05, 4.69) is 6.92 Å². The lowest BCUT2D eigenvalue weighted by molar-refractivity contribution is -0.143. The van der Waals surface area contributed by atoms with Gasteiger partial charge >= 0.3 is 6.09 Å². The molecule has 1 aliphatic carbocycles. The monoisotopic (exact) mass is 508 g/mol. The summed E-state index contributed by atoms with van der Waals surface area (Å²) in [5, 5.41) is 11.7. The first-order valence-electron chi connectivity index (χ1n) is 13.7. The number of rotatable bonds is 9. The van der Waals surface area contributed by atoms with Crippen molar-refractivity contribution in [2.75, 3.05) is 32.8 Å². The number of carbonyl (C=O) groups excluding carboxylic acids is 2. The van der Waals surface area contributed by atoms with Crippen LogP contribution >= 0.6 is 0 Å². The van der Waals surface area contributed by atoms with Crippen LogP contribution in [0.5, 0.6) is 5.75 Å². The first-order valence-corrected chi connectivity index (χ1v) is 13.7. The van der Waals surface area contributed by atoms with Crippen LogP contribution < -0.4 is 4.74 Å². The van der Waals surface area contributed by atoms with Crippen LogP contribution in [0.15, 0.2) is 54.6 Å². The molecule has 1 saturated carbocycles.